The van der Waals surface area contributed by atoms with Crippen molar-refractivity contribution in [3.8, 4) is 0 Å². The zero-order valence-electron chi connectivity index (χ0n) is 15.4. The molecule has 1 rings (SSSR count). The van der Waals surface area contributed by atoms with E-state index in [0.717, 1.165) is 6.61 Å². The van der Waals surface area contributed by atoms with Gasteiger partial charge in [0, 0.05) is 5.30 Å². The third-order valence-electron chi connectivity index (χ3n) is 4.25. The Kier molecular flexibility index (Phi) is 13.6. The van der Waals surface area contributed by atoms with E-state index in [0.29, 0.717) is 0 Å². The molecule has 0 aliphatic rings. The van der Waals surface area contributed by atoms with Gasteiger partial charge in [0.25, 0.3) is 0 Å². The Morgan fingerprint density at radius 3 is 1.87 bits per heavy atom. The summed E-state index contributed by atoms with van der Waals surface area (Å²) in [5, 5.41) is 1.41. The topological polar surface area (TPSA) is 9.23 Å². The lowest BCUT2D eigenvalue weighted by Crippen LogP contribution is -2.06. The maximum Gasteiger partial charge on any atom is 0.0603 e. The Morgan fingerprint density at radius 1 is 0.696 bits per heavy atom. The molecular formula is C21H37OP. The lowest BCUT2D eigenvalue weighted by Gasteiger charge is -2.18. The molecule has 0 bridgehead atoms. The predicted molar refractivity (Wildman–Crippen MR) is 106 cm³/mol. The highest BCUT2D eigenvalue weighted by Crippen LogP contribution is 2.37. The van der Waals surface area contributed by atoms with Crippen molar-refractivity contribution in [3.63, 3.8) is 0 Å². The van der Waals surface area contributed by atoms with Gasteiger partial charge in [-0.3, -0.25) is 0 Å². The van der Waals surface area contributed by atoms with Crippen LogP contribution in [0.1, 0.15) is 84.5 Å². The summed E-state index contributed by atoms with van der Waals surface area (Å²) in [7, 11) is -0.400. The molecule has 0 fully saturated rings. The average molecular weight is 336 g/mol. The van der Waals surface area contributed by atoms with Crippen LogP contribution in [0.3, 0.4) is 0 Å². The van der Waals surface area contributed by atoms with Crippen molar-refractivity contribution in [2.45, 2.75) is 84.5 Å². The molecule has 0 amide bonds. The average Bonchev–Trinajstić information content (AvgIpc) is 2.59. The fourth-order valence-corrected chi connectivity index (χ4v) is 4.65. The predicted octanol–water partition coefficient (Wildman–Crippen LogP) is 7.06. The third kappa shape index (κ3) is 10.9. The molecule has 2 heteroatoms. The summed E-state index contributed by atoms with van der Waals surface area (Å²) in [6.07, 6.45) is 16.2. The Bertz CT molecular complexity index is 352. The SMILES string of the molecule is CCCCCCCCCCCP(OCCCC)c1ccccc1. The molecule has 0 aliphatic carbocycles. The van der Waals surface area contributed by atoms with Crippen LogP contribution in [0.4, 0.5) is 0 Å². The van der Waals surface area contributed by atoms with Crippen molar-refractivity contribution < 1.29 is 4.52 Å². The van der Waals surface area contributed by atoms with Gasteiger partial charge < -0.3 is 4.52 Å². The Balaban J connectivity index is 2.16. The van der Waals surface area contributed by atoms with Gasteiger partial charge in [-0.05, 0) is 19.0 Å². The van der Waals surface area contributed by atoms with Crippen molar-refractivity contribution in [1.82, 2.24) is 0 Å². The van der Waals surface area contributed by atoms with Gasteiger partial charge in [-0.1, -0.05) is 102 Å². The summed E-state index contributed by atoms with van der Waals surface area (Å²) in [5.41, 5.74) is 0. The highest BCUT2D eigenvalue weighted by atomic mass is 31.1. The highest BCUT2D eigenvalue weighted by Gasteiger charge is 2.11. The van der Waals surface area contributed by atoms with E-state index in [2.05, 4.69) is 44.2 Å². The van der Waals surface area contributed by atoms with Gasteiger partial charge in [0.15, 0.2) is 0 Å². The Morgan fingerprint density at radius 2 is 1.26 bits per heavy atom. The largest absolute Gasteiger partial charge is 0.354 e. The smallest absolute Gasteiger partial charge is 0.0603 e. The van der Waals surface area contributed by atoms with Gasteiger partial charge in [-0.2, -0.15) is 0 Å². The molecule has 1 aromatic rings. The second kappa shape index (κ2) is 15.2. The van der Waals surface area contributed by atoms with Gasteiger partial charge in [-0.25, -0.2) is 0 Å². The molecule has 0 saturated heterocycles. The molecule has 1 unspecified atom stereocenters. The number of unbranched alkanes of at least 4 members (excludes halogenated alkanes) is 9. The zero-order valence-corrected chi connectivity index (χ0v) is 16.3. The molecule has 23 heavy (non-hydrogen) atoms. The minimum Gasteiger partial charge on any atom is -0.354 e. The molecule has 0 N–H and O–H groups in total. The summed E-state index contributed by atoms with van der Waals surface area (Å²) >= 11 is 0. The van der Waals surface area contributed by atoms with Crippen molar-refractivity contribution in [2.24, 2.45) is 0 Å². The maximum atomic E-state index is 6.21. The van der Waals surface area contributed by atoms with Crippen LogP contribution in [0, 0.1) is 0 Å². The Hall–Kier alpha value is -0.390. The summed E-state index contributed by atoms with van der Waals surface area (Å²) in [6.45, 7) is 5.44. The lowest BCUT2D eigenvalue weighted by molar-refractivity contribution is 0.345. The fraction of sp³-hybridized carbons (Fsp3) is 0.714. The molecular weight excluding hydrogens is 299 g/mol. The molecule has 1 atom stereocenters. The van der Waals surface area contributed by atoms with Crippen LogP contribution in [0.2, 0.25) is 0 Å². The first-order chi connectivity index (χ1) is 11.4. The summed E-state index contributed by atoms with van der Waals surface area (Å²) in [4.78, 5) is 0. The van der Waals surface area contributed by atoms with Crippen molar-refractivity contribution >= 4 is 13.5 Å². The lowest BCUT2D eigenvalue weighted by atomic mass is 10.1. The second-order valence-corrected chi connectivity index (χ2v) is 8.43. The Labute approximate surface area is 146 Å². The first-order valence-corrected chi connectivity index (χ1v) is 11.3. The minimum atomic E-state index is -0.400. The molecule has 0 heterocycles. The number of benzene rings is 1. The fourth-order valence-electron chi connectivity index (χ4n) is 2.75. The van der Waals surface area contributed by atoms with Crippen LogP contribution < -0.4 is 5.30 Å². The third-order valence-corrected chi connectivity index (χ3v) is 6.34. The quantitative estimate of drug-likeness (QED) is 0.246. The molecule has 0 spiro atoms. The molecule has 1 nitrogen and oxygen atoms in total. The molecule has 0 radical (unpaired) electrons. The van der Waals surface area contributed by atoms with Gasteiger partial charge >= 0.3 is 0 Å². The van der Waals surface area contributed by atoms with Gasteiger partial charge in [0.2, 0.25) is 0 Å². The normalized spacial score (nSPS) is 12.4. The van der Waals surface area contributed by atoms with Gasteiger partial charge in [-0.15, -0.1) is 0 Å². The van der Waals surface area contributed by atoms with Gasteiger partial charge in [0.05, 0.1) is 14.8 Å². The second-order valence-electron chi connectivity index (χ2n) is 6.45. The van der Waals surface area contributed by atoms with E-state index in [1.165, 1.54) is 82.1 Å². The first kappa shape index (κ1) is 20.7. The van der Waals surface area contributed by atoms with E-state index in [9.17, 15) is 0 Å². The molecule has 0 aromatic heterocycles. The van der Waals surface area contributed by atoms with Crippen LogP contribution in [0.5, 0.6) is 0 Å². The van der Waals surface area contributed by atoms with Crippen LogP contribution >= 0.6 is 8.15 Å². The van der Waals surface area contributed by atoms with Crippen LogP contribution in [-0.2, 0) is 4.52 Å². The van der Waals surface area contributed by atoms with Crippen LogP contribution in [-0.4, -0.2) is 12.8 Å². The zero-order chi connectivity index (χ0) is 16.6. The van der Waals surface area contributed by atoms with E-state index in [4.69, 9.17) is 4.52 Å². The van der Waals surface area contributed by atoms with Gasteiger partial charge in [0.1, 0.15) is 0 Å². The minimum absolute atomic E-state index is 0.400. The summed E-state index contributed by atoms with van der Waals surface area (Å²) < 4.78 is 6.21. The molecule has 1 aromatic carbocycles. The summed E-state index contributed by atoms with van der Waals surface area (Å²) in [6, 6.07) is 10.9. The molecule has 0 saturated carbocycles. The maximum absolute atomic E-state index is 6.21. The monoisotopic (exact) mass is 336 g/mol. The number of hydrogen-bond acceptors (Lipinski definition) is 1. The van der Waals surface area contributed by atoms with Crippen LogP contribution in [0.15, 0.2) is 30.3 Å². The van der Waals surface area contributed by atoms with Crippen molar-refractivity contribution in [3.05, 3.63) is 30.3 Å². The van der Waals surface area contributed by atoms with E-state index in [-0.39, 0.29) is 0 Å². The van der Waals surface area contributed by atoms with E-state index >= 15 is 0 Å². The number of hydrogen-bond donors (Lipinski definition) is 0. The summed E-state index contributed by atoms with van der Waals surface area (Å²) in [5.74, 6) is 0. The molecule has 0 aliphatic heterocycles. The highest BCUT2D eigenvalue weighted by molar-refractivity contribution is 7.60. The standard InChI is InChI=1S/C21H37OP/c1-3-5-7-8-9-10-11-12-16-20-23(22-19-6-4-2)21-17-14-13-15-18-21/h13-15,17-18H,3-12,16,19-20H2,1-2H3. The van der Waals surface area contributed by atoms with E-state index in [1.54, 1.807) is 0 Å². The van der Waals surface area contributed by atoms with Crippen LogP contribution in [0.25, 0.3) is 0 Å². The van der Waals surface area contributed by atoms with E-state index in [1.807, 2.05) is 0 Å². The van der Waals surface area contributed by atoms with Crippen molar-refractivity contribution in [1.29, 1.82) is 0 Å². The van der Waals surface area contributed by atoms with E-state index < -0.39 is 8.15 Å². The molecule has 132 valence electrons. The first-order valence-electron chi connectivity index (χ1n) is 9.84. The van der Waals surface area contributed by atoms with Crippen molar-refractivity contribution in [2.75, 3.05) is 12.8 Å². The number of rotatable bonds is 15.